The Kier molecular flexibility index (Phi) is 7.63. The minimum Gasteiger partial charge on any atom is -0.231 e. The van der Waals surface area contributed by atoms with Gasteiger partial charge < -0.3 is 0 Å². The molecule has 0 amide bonds. The molecule has 1 saturated heterocycles. The summed E-state index contributed by atoms with van der Waals surface area (Å²) >= 11 is 3.53. The van der Waals surface area contributed by atoms with Crippen molar-refractivity contribution < 1.29 is 0 Å². The molecule has 6 heteroatoms. The summed E-state index contributed by atoms with van der Waals surface area (Å²) in [5.41, 5.74) is 8.69. The van der Waals surface area contributed by atoms with Gasteiger partial charge in [-0.3, -0.25) is 0 Å². The fraction of sp³-hybridized carbons (Fsp3) is 0.0556. The second-order valence-corrected chi connectivity index (χ2v) is 12.0. The highest BCUT2D eigenvalue weighted by Crippen LogP contribution is 2.33. The molecule has 1 aliphatic heterocycles. The normalized spacial score (nSPS) is 15.3. The van der Waals surface area contributed by atoms with E-state index in [2.05, 4.69) is 131 Å². The second kappa shape index (κ2) is 12.1. The molecule has 1 fully saturated rings. The van der Waals surface area contributed by atoms with E-state index in [9.17, 15) is 0 Å². The average molecular weight is 581 g/mol. The first kappa shape index (κ1) is 26.4. The highest BCUT2D eigenvalue weighted by molar-refractivity contribution is 8.27. The van der Waals surface area contributed by atoms with Crippen LogP contribution in [0.2, 0.25) is 0 Å². The predicted octanol–water partition coefficient (Wildman–Crippen LogP) is 9.46. The van der Waals surface area contributed by atoms with Gasteiger partial charge in [0.2, 0.25) is 0 Å². The molecule has 7 rings (SSSR count). The molecule has 0 spiro atoms. The van der Waals surface area contributed by atoms with Crippen molar-refractivity contribution in [3.8, 4) is 45.0 Å². The first-order valence-electron chi connectivity index (χ1n) is 13.9. The monoisotopic (exact) mass is 580 g/mol. The lowest BCUT2D eigenvalue weighted by Gasteiger charge is -2.18. The number of aromatic nitrogens is 2. The Bertz CT molecular complexity index is 1600. The van der Waals surface area contributed by atoms with Crippen LogP contribution in [0.3, 0.4) is 0 Å². The minimum absolute atomic E-state index is 0.920. The average Bonchev–Trinajstić information content (AvgIpc) is 3.68. The Morgan fingerprint density at radius 2 is 0.619 bits per heavy atom. The molecular weight excluding hydrogens is 553 g/mol. The van der Waals surface area contributed by atoms with Gasteiger partial charge in [0.25, 0.3) is 0 Å². The van der Waals surface area contributed by atoms with E-state index in [0.717, 1.165) is 66.6 Å². The molecule has 0 saturated carbocycles. The van der Waals surface area contributed by atoms with Crippen LogP contribution in [0.15, 0.2) is 156 Å². The van der Waals surface area contributed by atoms with Gasteiger partial charge in [-0.25, -0.2) is 9.35 Å². The van der Waals surface area contributed by atoms with Crippen molar-refractivity contribution in [3.05, 3.63) is 146 Å². The van der Waals surface area contributed by atoms with Crippen molar-refractivity contribution >= 4 is 33.6 Å². The van der Waals surface area contributed by atoms with Gasteiger partial charge in [0, 0.05) is 33.8 Å². The molecule has 0 unspecified atom stereocenters. The standard InChI is InChI=1S/C36H28N4S2/c1-5-13-27(14-6-1)31-21-22-32(28-15-7-2-8-16-28)39(31)37-35-36(42-26-25-41-35)38-40-33(29-17-9-3-10-18-29)23-24-34(40)30-19-11-4-12-20-30/h1-24H,25-26H2/b37-35-,38-36-. The van der Waals surface area contributed by atoms with Crippen molar-refractivity contribution in [1.29, 1.82) is 0 Å². The molecule has 4 aromatic carbocycles. The van der Waals surface area contributed by atoms with Crippen molar-refractivity contribution in [3.63, 3.8) is 0 Å². The second-order valence-electron chi connectivity index (χ2n) is 9.80. The van der Waals surface area contributed by atoms with Crippen LogP contribution in [0.4, 0.5) is 0 Å². The van der Waals surface area contributed by atoms with Gasteiger partial charge in [0.15, 0.2) is 10.1 Å². The summed E-state index contributed by atoms with van der Waals surface area (Å²) in [7, 11) is 0. The summed E-state index contributed by atoms with van der Waals surface area (Å²) in [5.74, 6) is 1.96. The van der Waals surface area contributed by atoms with E-state index in [0.29, 0.717) is 0 Å². The molecule has 204 valence electrons. The zero-order chi connectivity index (χ0) is 28.1. The first-order valence-corrected chi connectivity index (χ1v) is 15.9. The maximum absolute atomic E-state index is 5.33. The van der Waals surface area contributed by atoms with Crippen LogP contribution in [0.1, 0.15) is 0 Å². The fourth-order valence-electron chi connectivity index (χ4n) is 5.11. The molecule has 0 N–H and O–H groups in total. The molecule has 0 atom stereocenters. The van der Waals surface area contributed by atoms with Crippen LogP contribution in [0, 0.1) is 0 Å². The Labute approximate surface area is 254 Å². The van der Waals surface area contributed by atoms with Crippen molar-refractivity contribution in [2.24, 2.45) is 10.2 Å². The SMILES string of the molecule is c1ccc(-c2ccc(-c3ccccc3)n2/N=C2\SCCS\C2=N/n2c(-c3ccccc3)ccc2-c2ccccc2)cc1. The topological polar surface area (TPSA) is 34.6 Å². The van der Waals surface area contributed by atoms with Crippen molar-refractivity contribution in [2.75, 3.05) is 11.5 Å². The van der Waals surface area contributed by atoms with Crippen molar-refractivity contribution in [1.82, 2.24) is 9.35 Å². The summed E-state index contributed by atoms with van der Waals surface area (Å²) in [5, 5.41) is 12.5. The summed E-state index contributed by atoms with van der Waals surface area (Å²) in [4.78, 5) is 0. The molecule has 1 aliphatic rings. The number of benzene rings is 4. The van der Waals surface area contributed by atoms with Crippen LogP contribution in [-0.4, -0.2) is 30.9 Å². The van der Waals surface area contributed by atoms with E-state index in [1.165, 1.54) is 0 Å². The van der Waals surface area contributed by atoms with E-state index in [4.69, 9.17) is 10.2 Å². The number of hydrogen-bond donors (Lipinski definition) is 0. The van der Waals surface area contributed by atoms with Gasteiger partial charge >= 0.3 is 0 Å². The molecule has 0 aliphatic carbocycles. The lowest BCUT2D eigenvalue weighted by Crippen LogP contribution is -2.18. The van der Waals surface area contributed by atoms with E-state index in [-0.39, 0.29) is 0 Å². The highest BCUT2D eigenvalue weighted by atomic mass is 32.2. The van der Waals surface area contributed by atoms with E-state index >= 15 is 0 Å². The van der Waals surface area contributed by atoms with Gasteiger partial charge in [-0.2, -0.15) is 10.2 Å². The highest BCUT2D eigenvalue weighted by Gasteiger charge is 2.22. The molecule has 0 bridgehead atoms. The quantitative estimate of drug-likeness (QED) is 0.197. The summed E-state index contributed by atoms with van der Waals surface area (Å²) in [6, 6.07) is 50.5. The molecule has 0 radical (unpaired) electrons. The Morgan fingerprint density at radius 1 is 0.357 bits per heavy atom. The van der Waals surface area contributed by atoms with Crippen LogP contribution in [0.5, 0.6) is 0 Å². The van der Waals surface area contributed by atoms with Gasteiger partial charge in [0.05, 0.1) is 22.8 Å². The third-order valence-electron chi connectivity index (χ3n) is 7.11. The number of rotatable bonds is 6. The smallest absolute Gasteiger partial charge is 0.151 e. The number of nitrogens with zero attached hydrogens (tertiary/aromatic N) is 4. The van der Waals surface area contributed by atoms with Gasteiger partial charge in [-0.15, -0.1) is 23.5 Å². The van der Waals surface area contributed by atoms with Crippen molar-refractivity contribution in [2.45, 2.75) is 0 Å². The molecular formula is C36H28N4S2. The summed E-state index contributed by atoms with van der Waals surface area (Å²) in [6.07, 6.45) is 0. The lowest BCUT2D eigenvalue weighted by atomic mass is 10.2. The lowest BCUT2D eigenvalue weighted by molar-refractivity contribution is 0.903. The fourth-order valence-corrected chi connectivity index (χ4v) is 7.12. The van der Waals surface area contributed by atoms with E-state index in [1.54, 1.807) is 23.5 Å². The largest absolute Gasteiger partial charge is 0.231 e. The van der Waals surface area contributed by atoms with Crippen LogP contribution in [0.25, 0.3) is 45.0 Å². The van der Waals surface area contributed by atoms with Crippen LogP contribution < -0.4 is 0 Å². The zero-order valence-corrected chi connectivity index (χ0v) is 24.5. The van der Waals surface area contributed by atoms with Gasteiger partial charge in [-0.1, -0.05) is 121 Å². The maximum Gasteiger partial charge on any atom is 0.151 e. The number of thioether (sulfide) groups is 2. The zero-order valence-electron chi connectivity index (χ0n) is 22.9. The van der Waals surface area contributed by atoms with Crippen LogP contribution in [-0.2, 0) is 0 Å². The van der Waals surface area contributed by atoms with E-state index in [1.807, 2.05) is 24.3 Å². The maximum atomic E-state index is 5.33. The van der Waals surface area contributed by atoms with E-state index < -0.39 is 0 Å². The Hall–Kier alpha value is -4.52. The van der Waals surface area contributed by atoms with Gasteiger partial charge in [0.1, 0.15) is 0 Å². The Morgan fingerprint density at radius 3 is 0.881 bits per heavy atom. The number of hydrogen-bond acceptors (Lipinski definition) is 4. The third-order valence-corrected chi connectivity index (χ3v) is 9.42. The molecule has 4 nitrogen and oxygen atoms in total. The molecule has 42 heavy (non-hydrogen) atoms. The van der Waals surface area contributed by atoms with Gasteiger partial charge in [-0.05, 0) is 24.3 Å². The minimum atomic E-state index is 0.920. The first-order chi connectivity index (χ1) is 20.8. The third kappa shape index (κ3) is 5.39. The molecule has 3 heterocycles. The molecule has 6 aromatic rings. The van der Waals surface area contributed by atoms with Crippen LogP contribution >= 0.6 is 23.5 Å². The molecule has 2 aromatic heterocycles. The summed E-state index contributed by atoms with van der Waals surface area (Å²) in [6.45, 7) is 0. The summed E-state index contributed by atoms with van der Waals surface area (Å²) < 4.78 is 4.17. The predicted molar refractivity (Wildman–Crippen MR) is 181 cm³/mol. The Balaban J connectivity index is 1.40.